The summed E-state index contributed by atoms with van der Waals surface area (Å²) in [7, 11) is 1.38. The SMILES string of the molecule is COC(=O)CCCNc1ccc(C#N)cc1Br. The summed E-state index contributed by atoms with van der Waals surface area (Å²) in [4.78, 5) is 10.9. The van der Waals surface area contributed by atoms with Crippen LogP contribution in [0.2, 0.25) is 0 Å². The smallest absolute Gasteiger partial charge is 0.305 e. The fourth-order valence-electron chi connectivity index (χ4n) is 1.29. The second-order valence-corrected chi connectivity index (χ2v) is 4.27. The summed E-state index contributed by atoms with van der Waals surface area (Å²) < 4.78 is 5.39. The Kier molecular flexibility index (Phi) is 5.50. The van der Waals surface area contributed by atoms with Crippen molar-refractivity contribution < 1.29 is 9.53 Å². The van der Waals surface area contributed by atoms with Crippen LogP contribution in [0.25, 0.3) is 0 Å². The normalized spacial score (nSPS) is 9.47. The van der Waals surface area contributed by atoms with Gasteiger partial charge in [0.1, 0.15) is 0 Å². The summed E-state index contributed by atoms with van der Waals surface area (Å²) in [6, 6.07) is 7.40. The first-order valence-electron chi connectivity index (χ1n) is 5.17. The van der Waals surface area contributed by atoms with E-state index in [4.69, 9.17) is 5.26 Å². The van der Waals surface area contributed by atoms with Gasteiger partial charge in [-0.15, -0.1) is 0 Å². The Balaban J connectivity index is 2.42. The van der Waals surface area contributed by atoms with Crippen LogP contribution >= 0.6 is 15.9 Å². The number of carbonyl (C=O) groups is 1. The van der Waals surface area contributed by atoms with Gasteiger partial charge in [-0.25, -0.2) is 0 Å². The summed E-state index contributed by atoms with van der Waals surface area (Å²) >= 11 is 3.38. The highest BCUT2D eigenvalue weighted by atomic mass is 79.9. The van der Waals surface area contributed by atoms with Crippen molar-refractivity contribution in [1.82, 2.24) is 0 Å². The summed E-state index contributed by atoms with van der Waals surface area (Å²) in [5, 5.41) is 11.9. The number of benzene rings is 1. The number of carbonyl (C=O) groups excluding carboxylic acids is 1. The largest absolute Gasteiger partial charge is 0.469 e. The average Bonchev–Trinajstić information content (AvgIpc) is 2.35. The topological polar surface area (TPSA) is 62.1 Å². The predicted molar refractivity (Wildman–Crippen MR) is 68.6 cm³/mol. The first-order chi connectivity index (χ1) is 8.17. The number of methoxy groups -OCH3 is 1. The molecule has 0 aliphatic rings. The molecule has 1 aromatic rings. The van der Waals surface area contributed by atoms with E-state index >= 15 is 0 Å². The van der Waals surface area contributed by atoms with Gasteiger partial charge in [0.05, 0.1) is 18.7 Å². The van der Waals surface area contributed by atoms with Crippen molar-refractivity contribution in [2.24, 2.45) is 0 Å². The van der Waals surface area contributed by atoms with E-state index in [0.717, 1.165) is 10.2 Å². The molecule has 0 bridgehead atoms. The van der Waals surface area contributed by atoms with E-state index in [9.17, 15) is 4.79 Å². The molecule has 0 saturated carbocycles. The van der Waals surface area contributed by atoms with Gasteiger partial charge in [-0.3, -0.25) is 4.79 Å². The quantitative estimate of drug-likeness (QED) is 0.670. The van der Waals surface area contributed by atoms with Gasteiger partial charge in [0.15, 0.2) is 0 Å². The van der Waals surface area contributed by atoms with Gasteiger partial charge >= 0.3 is 5.97 Å². The molecule has 0 saturated heterocycles. The van der Waals surface area contributed by atoms with Crippen molar-refractivity contribution in [3.05, 3.63) is 28.2 Å². The lowest BCUT2D eigenvalue weighted by Gasteiger charge is -2.08. The number of hydrogen-bond donors (Lipinski definition) is 1. The number of hydrogen-bond acceptors (Lipinski definition) is 4. The van der Waals surface area contributed by atoms with E-state index in [1.165, 1.54) is 7.11 Å². The van der Waals surface area contributed by atoms with Crippen LogP contribution in [-0.2, 0) is 9.53 Å². The monoisotopic (exact) mass is 296 g/mol. The lowest BCUT2D eigenvalue weighted by Crippen LogP contribution is -2.06. The fraction of sp³-hybridized carbons (Fsp3) is 0.333. The third-order valence-electron chi connectivity index (χ3n) is 2.20. The second kappa shape index (κ2) is 6.92. The van der Waals surface area contributed by atoms with Crippen LogP contribution in [0, 0.1) is 11.3 Å². The Bertz CT molecular complexity index is 441. The molecular weight excluding hydrogens is 284 g/mol. The number of nitrogens with one attached hydrogen (secondary N) is 1. The highest BCUT2D eigenvalue weighted by Gasteiger charge is 2.02. The number of anilines is 1. The Hall–Kier alpha value is -1.54. The van der Waals surface area contributed by atoms with E-state index in [2.05, 4.69) is 32.1 Å². The molecule has 0 unspecified atom stereocenters. The zero-order valence-electron chi connectivity index (χ0n) is 9.50. The number of nitriles is 1. The van der Waals surface area contributed by atoms with Gasteiger partial charge in [-0.2, -0.15) is 5.26 Å². The van der Waals surface area contributed by atoms with Gasteiger partial charge in [0.2, 0.25) is 0 Å². The Labute approximate surface area is 109 Å². The van der Waals surface area contributed by atoms with Gasteiger partial charge < -0.3 is 10.1 Å². The van der Waals surface area contributed by atoms with Crippen molar-refractivity contribution in [2.75, 3.05) is 19.0 Å². The molecule has 0 amide bonds. The van der Waals surface area contributed by atoms with Crippen molar-refractivity contribution in [1.29, 1.82) is 5.26 Å². The van der Waals surface area contributed by atoms with Crippen molar-refractivity contribution in [2.45, 2.75) is 12.8 Å². The molecule has 0 aromatic heterocycles. The minimum atomic E-state index is -0.203. The Morgan fingerprint density at radius 3 is 2.94 bits per heavy atom. The summed E-state index contributed by atoms with van der Waals surface area (Å²) in [6.07, 6.45) is 1.11. The number of esters is 1. The lowest BCUT2D eigenvalue weighted by atomic mass is 10.2. The zero-order valence-corrected chi connectivity index (χ0v) is 11.1. The molecule has 1 N–H and O–H groups in total. The average molecular weight is 297 g/mol. The van der Waals surface area contributed by atoms with Crippen molar-refractivity contribution in [3.8, 4) is 6.07 Å². The maximum Gasteiger partial charge on any atom is 0.305 e. The summed E-state index contributed by atoms with van der Waals surface area (Å²) in [5.74, 6) is -0.203. The van der Waals surface area contributed by atoms with Crippen LogP contribution in [-0.4, -0.2) is 19.6 Å². The summed E-state index contributed by atoms with van der Waals surface area (Å²) in [5.41, 5.74) is 1.52. The number of nitrogens with zero attached hydrogens (tertiary/aromatic N) is 1. The first kappa shape index (κ1) is 13.5. The number of rotatable bonds is 5. The standard InChI is InChI=1S/C12H13BrN2O2/c1-17-12(16)3-2-6-15-11-5-4-9(8-14)7-10(11)13/h4-5,7,15H,2-3,6H2,1H3. The molecule has 0 spiro atoms. The number of ether oxygens (including phenoxy) is 1. The Morgan fingerprint density at radius 2 is 2.35 bits per heavy atom. The van der Waals surface area contributed by atoms with Gasteiger partial charge in [0, 0.05) is 23.1 Å². The van der Waals surface area contributed by atoms with Crippen LogP contribution < -0.4 is 5.32 Å². The van der Waals surface area contributed by atoms with Gasteiger partial charge in [0.25, 0.3) is 0 Å². The van der Waals surface area contributed by atoms with E-state index in [-0.39, 0.29) is 5.97 Å². The van der Waals surface area contributed by atoms with Gasteiger partial charge in [-0.05, 0) is 40.5 Å². The van der Waals surface area contributed by atoms with Crippen LogP contribution in [0.4, 0.5) is 5.69 Å². The molecule has 1 rings (SSSR count). The molecule has 4 nitrogen and oxygen atoms in total. The van der Waals surface area contributed by atoms with Crippen LogP contribution in [0.15, 0.2) is 22.7 Å². The Morgan fingerprint density at radius 1 is 1.59 bits per heavy atom. The minimum Gasteiger partial charge on any atom is -0.469 e. The molecule has 1 aromatic carbocycles. The zero-order chi connectivity index (χ0) is 12.7. The molecule has 0 fully saturated rings. The molecule has 90 valence electrons. The van der Waals surface area contributed by atoms with Crippen molar-refractivity contribution in [3.63, 3.8) is 0 Å². The molecular formula is C12H13BrN2O2. The first-order valence-corrected chi connectivity index (χ1v) is 5.97. The third-order valence-corrected chi connectivity index (χ3v) is 2.86. The predicted octanol–water partition coefficient (Wildman–Crippen LogP) is 2.69. The molecule has 0 atom stereocenters. The highest BCUT2D eigenvalue weighted by molar-refractivity contribution is 9.10. The maximum atomic E-state index is 10.9. The van der Waals surface area contributed by atoms with Crippen molar-refractivity contribution >= 4 is 27.6 Å². The molecule has 0 aliphatic heterocycles. The van der Waals surface area contributed by atoms with E-state index in [1.54, 1.807) is 12.1 Å². The van der Waals surface area contributed by atoms with Crippen LogP contribution in [0.1, 0.15) is 18.4 Å². The summed E-state index contributed by atoms with van der Waals surface area (Å²) in [6.45, 7) is 0.680. The lowest BCUT2D eigenvalue weighted by molar-refractivity contribution is -0.140. The van der Waals surface area contributed by atoms with E-state index in [0.29, 0.717) is 24.9 Å². The number of halogens is 1. The second-order valence-electron chi connectivity index (χ2n) is 3.41. The van der Waals surface area contributed by atoms with E-state index in [1.807, 2.05) is 6.07 Å². The van der Waals surface area contributed by atoms with Crippen LogP contribution in [0.5, 0.6) is 0 Å². The van der Waals surface area contributed by atoms with Crippen LogP contribution in [0.3, 0.4) is 0 Å². The molecule has 17 heavy (non-hydrogen) atoms. The van der Waals surface area contributed by atoms with E-state index < -0.39 is 0 Å². The third kappa shape index (κ3) is 4.45. The highest BCUT2D eigenvalue weighted by Crippen LogP contribution is 2.23. The maximum absolute atomic E-state index is 10.9. The molecule has 0 aliphatic carbocycles. The molecule has 5 heteroatoms. The molecule has 0 radical (unpaired) electrons. The molecule has 0 heterocycles. The fourth-order valence-corrected chi connectivity index (χ4v) is 1.80. The minimum absolute atomic E-state index is 0.203. The van der Waals surface area contributed by atoms with Gasteiger partial charge in [-0.1, -0.05) is 0 Å².